The van der Waals surface area contributed by atoms with E-state index in [1.807, 2.05) is 24.3 Å². The van der Waals surface area contributed by atoms with Crippen molar-refractivity contribution in [1.82, 2.24) is 20.6 Å². The molecule has 2 aromatic heterocycles. The smallest absolute Gasteiger partial charge is 0.292 e. The highest BCUT2D eigenvalue weighted by molar-refractivity contribution is 6.06. The minimum atomic E-state index is -0.562. The van der Waals surface area contributed by atoms with Crippen LogP contribution in [0.5, 0.6) is 0 Å². The number of aromatic amines is 2. The van der Waals surface area contributed by atoms with Crippen molar-refractivity contribution in [3.05, 3.63) is 70.0 Å². The topological polar surface area (TPSA) is 129 Å². The maximum Gasteiger partial charge on any atom is 0.292 e. The van der Waals surface area contributed by atoms with E-state index in [-0.39, 0.29) is 11.4 Å². The summed E-state index contributed by atoms with van der Waals surface area (Å²) < 4.78 is 0. The monoisotopic (exact) mass is 348 g/mol. The SMILES string of the molecule is O=C(N/N=C/c1c[nH]c2ccccc12)c1n[nH]c2ccc([N+](=O)[O-])cc12. The number of hydrogen-bond acceptors (Lipinski definition) is 5. The maximum absolute atomic E-state index is 12.3. The zero-order chi connectivity index (χ0) is 18.1. The van der Waals surface area contributed by atoms with E-state index in [0.717, 1.165) is 16.5 Å². The third-order valence-electron chi connectivity index (χ3n) is 3.96. The first-order valence-corrected chi connectivity index (χ1v) is 7.65. The molecule has 1 amide bonds. The normalized spacial score (nSPS) is 11.4. The van der Waals surface area contributed by atoms with E-state index in [4.69, 9.17) is 0 Å². The quantitative estimate of drug-likeness (QED) is 0.297. The Morgan fingerprint density at radius 2 is 2.04 bits per heavy atom. The van der Waals surface area contributed by atoms with E-state index in [2.05, 4.69) is 25.7 Å². The summed E-state index contributed by atoms with van der Waals surface area (Å²) in [6.07, 6.45) is 3.31. The molecule has 4 aromatic rings. The fourth-order valence-electron chi connectivity index (χ4n) is 2.70. The van der Waals surface area contributed by atoms with E-state index in [9.17, 15) is 14.9 Å². The summed E-state index contributed by atoms with van der Waals surface area (Å²) >= 11 is 0. The van der Waals surface area contributed by atoms with Crippen molar-refractivity contribution >= 4 is 39.6 Å². The summed E-state index contributed by atoms with van der Waals surface area (Å²) in [5, 5.41) is 22.8. The van der Waals surface area contributed by atoms with Crippen molar-refractivity contribution in [3.8, 4) is 0 Å². The third-order valence-corrected chi connectivity index (χ3v) is 3.96. The Balaban J connectivity index is 1.57. The number of nitro benzene ring substituents is 1. The van der Waals surface area contributed by atoms with E-state index >= 15 is 0 Å². The summed E-state index contributed by atoms with van der Waals surface area (Å²) in [4.78, 5) is 25.8. The minimum Gasteiger partial charge on any atom is -0.361 e. The van der Waals surface area contributed by atoms with E-state index in [1.165, 1.54) is 24.4 Å². The Morgan fingerprint density at radius 1 is 1.19 bits per heavy atom. The third kappa shape index (κ3) is 2.67. The second kappa shape index (κ2) is 6.13. The molecule has 0 atom stereocenters. The van der Waals surface area contributed by atoms with Gasteiger partial charge in [-0.2, -0.15) is 10.2 Å². The first-order valence-electron chi connectivity index (χ1n) is 7.65. The number of carbonyl (C=O) groups excluding carboxylic acids is 1. The number of nitrogens with zero attached hydrogens (tertiary/aromatic N) is 3. The summed E-state index contributed by atoms with van der Waals surface area (Å²) in [7, 11) is 0. The second-order valence-corrected chi connectivity index (χ2v) is 5.55. The molecule has 0 aliphatic heterocycles. The molecule has 0 aliphatic rings. The number of para-hydroxylation sites is 1. The highest BCUT2D eigenvalue weighted by atomic mass is 16.6. The van der Waals surface area contributed by atoms with Crippen LogP contribution in [0.3, 0.4) is 0 Å². The van der Waals surface area contributed by atoms with Crippen molar-refractivity contribution in [2.24, 2.45) is 5.10 Å². The molecule has 0 fully saturated rings. The minimum absolute atomic E-state index is 0.0415. The van der Waals surface area contributed by atoms with Crippen LogP contribution in [0.25, 0.3) is 21.8 Å². The molecule has 3 N–H and O–H groups in total. The number of hydrogen-bond donors (Lipinski definition) is 3. The number of nitrogens with one attached hydrogen (secondary N) is 3. The average Bonchev–Trinajstić information content (AvgIpc) is 3.25. The zero-order valence-electron chi connectivity index (χ0n) is 13.3. The van der Waals surface area contributed by atoms with Gasteiger partial charge in [0.25, 0.3) is 11.6 Å². The molecule has 128 valence electrons. The standard InChI is InChI=1S/C17H12N6O3/c24-17(16-13-7-11(23(25)26)5-6-15(13)20-21-16)22-19-9-10-8-18-14-4-2-1-3-12(10)14/h1-9,18H,(H,20,21)(H,22,24)/b19-9+. The van der Waals surface area contributed by atoms with Crippen molar-refractivity contribution in [1.29, 1.82) is 0 Å². The summed E-state index contributed by atoms with van der Waals surface area (Å²) in [5.41, 5.74) is 4.63. The van der Waals surface area contributed by atoms with Gasteiger partial charge >= 0.3 is 0 Å². The Kier molecular flexibility index (Phi) is 3.66. The maximum atomic E-state index is 12.3. The molecule has 4 rings (SSSR count). The van der Waals surface area contributed by atoms with Gasteiger partial charge in [0.1, 0.15) is 0 Å². The van der Waals surface area contributed by atoms with Crippen LogP contribution in [0.4, 0.5) is 5.69 Å². The fraction of sp³-hybridized carbons (Fsp3) is 0. The number of benzene rings is 2. The Bertz CT molecular complexity index is 1170. The molecule has 2 heterocycles. The molecule has 0 saturated carbocycles. The van der Waals surface area contributed by atoms with Gasteiger partial charge in [0.2, 0.25) is 0 Å². The molecule has 2 aromatic carbocycles. The predicted octanol–water partition coefficient (Wildman–Crippen LogP) is 2.72. The lowest BCUT2D eigenvalue weighted by Gasteiger charge is -1.97. The van der Waals surface area contributed by atoms with Gasteiger partial charge in [0.15, 0.2) is 5.69 Å². The molecule has 26 heavy (non-hydrogen) atoms. The van der Waals surface area contributed by atoms with Crippen LogP contribution in [0, 0.1) is 10.1 Å². The average molecular weight is 348 g/mol. The van der Waals surface area contributed by atoms with Crippen LogP contribution >= 0.6 is 0 Å². The first-order chi connectivity index (χ1) is 12.6. The van der Waals surface area contributed by atoms with Crippen molar-refractivity contribution in [2.45, 2.75) is 0 Å². The van der Waals surface area contributed by atoms with Gasteiger partial charge < -0.3 is 4.98 Å². The van der Waals surface area contributed by atoms with Crippen molar-refractivity contribution in [3.63, 3.8) is 0 Å². The van der Waals surface area contributed by atoms with Gasteiger partial charge in [-0.3, -0.25) is 20.0 Å². The van der Waals surface area contributed by atoms with E-state index < -0.39 is 10.8 Å². The first kappa shape index (κ1) is 15.5. The Hall–Kier alpha value is -4.01. The van der Waals surface area contributed by atoms with Crippen LogP contribution in [-0.2, 0) is 0 Å². The number of carbonyl (C=O) groups is 1. The Labute approximate surface area is 145 Å². The second-order valence-electron chi connectivity index (χ2n) is 5.55. The summed E-state index contributed by atoms with van der Waals surface area (Å²) in [5.74, 6) is -0.562. The summed E-state index contributed by atoms with van der Waals surface area (Å²) in [6.45, 7) is 0. The van der Waals surface area contributed by atoms with Crippen LogP contribution in [-0.4, -0.2) is 32.2 Å². The number of hydrazone groups is 1. The lowest BCUT2D eigenvalue weighted by molar-refractivity contribution is -0.384. The van der Waals surface area contributed by atoms with Crippen molar-refractivity contribution in [2.75, 3.05) is 0 Å². The lowest BCUT2D eigenvalue weighted by Crippen LogP contribution is -2.18. The zero-order valence-corrected chi connectivity index (χ0v) is 13.3. The molecule has 9 heteroatoms. The Morgan fingerprint density at radius 3 is 2.88 bits per heavy atom. The molecule has 0 radical (unpaired) electrons. The molecular weight excluding hydrogens is 336 g/mol. The highest BCUT2D eigenvalue weighted by Crippen LogP contribution is 2.22. The van der Waals surface area contributed by atoms with E-state index in [1.54, 1.807) is 6.20 Å². The molecule has 0 saturated heterocycles. The van der Waals surface area contributed by atoms with Crippen LogP contribution in [0.1, 0.15) is 16.1 Å². The van der Waals surface area contributed by atoms with Crippen molar-refractivity contribution < 1.29 is 9.72 Å². The molecular formula is C17H12N6O3. The molecule has 0 bridgehead atoms. The lowest BCUT2D eigenvalue weighted by atomic mass is 10.2. The van der Waals surface area contributed by atoms with Crippen LogP contribution in [0.2, 0.25) is 0 Å². The van der Waals surface area contributed by atoms with Gasteiger partial charge in [-0.25, -0.2) is 5.43 Å². The molecule has 9 nitrogen and oxygen atoms in total. The number of non-ortho nitro benzene ring substituents is 1. The van der Waals surface area contributed by atoms with E-state index in [0.29, 0.717) is 10.9 Å². The predicted molar refractivity (Wildman–Crippen MR) is 96.1 cm³/mol. The molecule has 0 aliphatic carbocycles. The number of rotatable bonds is 4. The van der Waals surface area contributed by atoms with Gasteiger partial charge in [0.05, 0.1) is 16.7 Å². The summed E-state index contributed by atoms with van der Waals surface area (Å²) in [6, 6.07) is 11.9. The van der Waals surface area contributed by atoms with Gasteiger partial charge in [-0.1, -0.05) is 18.2 Å². The number of aromatic nitrogens is 3. The number of H-pyrrole nitrogens is 2. The van der Waals surface area contributed by atoms with Crippen LogP contribution < -0.4 is 5.43 Å². The largest absolute Gasteiger partial charge is 0.361 e. The number of fused-ring (bicyclic) bond motifs is 2. The molecule has 0 unspecified atom stereocenters. The van der Waals surface area contributed by atoms with Gasteiger partial charge in [0, 0.05) is 40.2 Å². The van der Waals surface area contributed by atoms with Crippen LogP contribution in [0.15, 0.2) is 53.8 Å². The number of nitro groups is 1. The molecule has 0 spiro atoms. The fourth-order valence-corrected chi connectivity index (χ4v) is 2.70. The highest BCUT2D eigenvalue weighted by Gasteiger charge is 2.16. The number of amides is 1. The van der Waals surface area contributed by atoms with Gasteiger partial charge in [-0.05, 0) is 12.1 Å². The van der Waals surface area contributed by atoms with Gasteiger partial charge in [-0.15, -0.1) is 0 Å².